The number of halogens is 3. The maximum absolute atomic E-state index is 14.2. The highest BCUT2D eigenvalue weighted by molar-refractivity contribution is 6.33. The van der Waals surface area contributed by atoms with E-state index in [1.165, 1.54) is 6.07 Å². The van der Waals surface area contributed by atoms with E-state index in [0.717, 1.165) is 69.8 Å². The Balaban J connectivity index is 1.37. The topological polar surface area (TPSA) is 42.8 Å². The van der Waals surface area contributed by atoms with Gasteiger partial charge in [-0.05, 0) is 64.4 Å². The Morgan fingerprint density at radius 3 is 2.49 bits per heavy atom. The SMILES string of the molecule is CCC[C@H]1CN(c2ncc(C(C)(C)O)cc2Cl)CCN1C1CCN(Cc2ccc(Cl)cc2F)CC1. The number of pyridine rings is 1. The molecule has 2 saturated heterocycles. The van der Waals surface area contributed by atoms with Gasteiger partial charge < -0.3 is 10.0 Å². The van der Waals surface area contributed by atoms with Crippen LogP contribution in [0.5, 0.6) is 0 Å². The summed E-state index contributed by atoms with van der Waals surface area (Å²) in [5.74, 6) is 0.585. The van der Waals surface area contributed by atoms with E-state index >= 15 is 0 Å². The van der Waals surface area contributed by atoms with Gasteiger partial charge in [0.2, 0.25) is 0 Å². The van der Waals surface area contributed by atoms with Crippen molar-refractivity contribution in [1.29, 1.82) is 0 Å². The molecule has 2 fully saturated rings. The molecule has 0 amide bonds. The van der Waals surface area contributed by atoms with Crippen LogP contribution in [0.1, 0.15) is 57.6 Å². The van der Waals surface area contributed by atoms with Crippen LogP contribution in [-0.4, -0.2) is 64.7 Å². The van der Waals surface area contributed by atoms with Crippen molar-refractivity contribution in [1.82, 2.24) is 14.8 Å². The zero-order valence-corrected chi connectivity index (χ0v) is 22.5. The molecule has 0 spiro atoms. The average Bonchev–Trinajstić information content (AvgIpc) is 2.81. The number of benzene rings is 1. The van der Waals surface area contributed by atoms with Gasteiger partial charge in [-0.2, -0.15) is 0 Å². The number of rotatable bonds is 7. The van der Waals surface area contributed by atoms with Gasteiger partial charge in [0.05, 0.1) is 10.6 Å². The number of piperidine rings is 1. The molecule has 0 saturated carbocycles. The zero-order chi connectivity index (χ0) is 25.2. The number of nitrogens with zero attached hydrogens (tertiary/aromatic N) is 4. The lowest BCUT2D eigenvalue weighted by atomic mass is 9.96. The summed E-state index contributed by atoms with van der Waals surface area (Å²) < 4.78 is 14.2. The lowest BCUT2D eigenvalue weighted by molar-refractivity contribution is 0.0586. The number of hydrogen-bond acceptors (Lipinski definition) is 5. The largest absolute Gasteiger partial charge is 0.386 e. The maximum Gasteiger partial charge on any atom is 0.147 e. The molecule has 1 aromatic heterocycles. The molecule has 2 aromatic rings. The monoisotopic (exact) mass is 522 g/mol. The molecule has 0 aliphatic carbocycles. The Bertz CT molecular complexity index is 1010. The summed E-state index contributed by atoms with van der Waals surface area (Å²) in [5, 5.41) is 11.3. The molecule has 0 bridgehead atoms. The van der Waals surface area contributed by atoms with Crippen LogP contribution < -0.4 is 4.90 Å². The molecule has 0 unspecified atom stereocenters. The second-order valence-corrected chi connectivity index (χ2v) is 11.3. The van der Waals surface area contributed by atoms with E-state index in [-0.39, 0.29) is 5.82 Å². The molecule has 0 radical (unpaired) electrons. The summed E-state index contributed by atoms with van der Waals surface area (Å²) in [6.45, 7) is 11.1. The van der Waals surface area contributed by atoms with Crippen LogP contribution in [-0.2, 0) is 12.1 Å². The third-order valence-corrected chi connectivity index (χ3v) is 7.93. The van der Waals surface area contributed by atoms with Crippen LogP contribution in [0.2, 0.25) is 10.0 Å². The summed E-state index contributed by atoms with van der Waals surface area (Å²) in [4.78, 5) is 12.0. The normalized spacial score (nSPS) is 21.0. The number of hydrogen-bond donors (Lipinski definition) is 1. The van der Waals surface area contributed by atoms with Gasteiger partial charge in [-0.25, -0.2) is 9.37 Å². The first-order chi connectivity index (χ1) is 16.7. The Morgan fingerprint density at radius 1 is 1.11 bits per heavy atom. The van der Waals surface area contributed by atoms with E-state index in [0.29, 0.717) is 34.2 Å². The van der Waals surface area contributed by atoms with E-state index in [9.17, 15) is 9.50 Å². The smallest absolute Gasteiger partial charge is 0.147 e. The first kappa shape index (κ1) is 26.6. The highest BCUT2D eigenvalue weighted by Gasteiger charge is 2.34. The third kappa shape index (κ3) is 6.47. The second kappa shape index (κ2) is 11.3. The molecular weight excluding hydrogens is 486 g/mol. The van der Waals surface area contributed by atoms with E-state index in [4.69, 9.17) is 23.2 Å². The van der Waals surface area contributed by atoms with Gasteiger partial charge in [0.25, 0.3) is 0 Å². The summed E-state index contributed by atoms with van der Waals surface area (Å²) in [6.07, 6.45) is 6.18. The minimum absolute atomic E-state index is 0.221. The molecule has 2 aliphatic rings. The van der Waals surface area contributed by atoms with Crippen molar-refractivity contribution < 1.29 is 9.50 Å². The zero-order valence-electron chi connectivity index (χ0n) is 21.0. The predicted molar refractivity (Wildman–Crippen MR) is 142 cm³/mol. The van der Waals surface area contributed by atoms with Crippen molar-refractivity contribution in [2.75, 3.05) is 37.6 Å². The van der Waals surface area contributed by atoms with Crippen molar-refractivity contribution in [3.05, 3.63) is 57.5 Å². The number of aliphatic hydroxyl groups is 1. The highest BCUT2D eigenvalue weighted by atomic mass is 35.5. The van der Waals surface area contributed by atoms with Crippen molar-refractivity contribution in [2.24, 2.45) is 0 Å². The fraction of sp³-hybridized carbons (Fsp3) is 0.593. The highest BCUT2D eigenvalue weighted by Crippen LogP contribution is 2.32. The molecule has 1 N–H and O–H groups in total. The van der Waals surface area contributed by atoms with Crippen LogP contribution in [0.15, 0.2) is 30.5 Å². The molecule has 5 nitrogen and oxygen atoms in total. The Hall–Kier alpha value is -1.44. The maximum atomic E-state index is 14.2. The lowest BCUT2D eigenvalue weighted by Crippen LogP contribution is -2.58. The first-order valence-electron chi connectivity index (χ1n) is 12.7. The van der Waals surface area contributed by atoms with Gasteiger partial charge >= 0.3 is 0 Å². The number of anilines is 1. The van der Waals surface area contributed by atoms with Crippen LogP contribution in [0, 0.1) is 5.82 Å². The van der Waals surface area contributed by atoms with Crippen molar-refractivity contribution in [3.63, 3.8) is 0 Å². The first-order valence-corrected chi connectivity index (χ1v) is 13.5. The molecule has 1 aromatic carbocycles. The molecule has 1 atom stereocenters. The Labute approximate surface area is 218 Å². The van der Waals surface area contributed by atoms with Crippen molar-refractivity contribution in [2.45, 2.75) is 70.7 Å². The standard InChI is InChI=1S/C27H37Cl2FN4O/c1-4-5-23-18-33(26-24(29)14-20(16-31-26)27(2,3)35)12-13-34(23)22-8-10-32(11-9-22)17-19-6-7-21(28)15-25(19)30/h6-7,14-16,22-23,35H,4-5,8-13,17-18H2,1-3H3/t23-/m0/s1. The minimum Gasteiger partial charge on any atom is -0.386 e. The lowest BCUT2D eigenvalue weighted by Gasteiger charge is -2.48. The fourth-order valence-corrected chi connectivity index (χ4v) is 5.88. The number of likely N-dealkylation sites (tertiary alicyclic amines) is 1. The summed E-state index contributed by atoms with van der Waals surface area (Å²) in [5.41, 5.74) is 0.470. The summed E-state index contributed by atoms with van der Waals surface area (Å²) >= 11 is 12.5. The molecule has 4 rings (SSSR count). The van der Waals surface area contributed by atoms with Crippen LogP contribution >= 0.6 is 23.2 Å². The van der Waals surface area contributed by atoms with E-state index in [1.807, 2.05) is 6.07 Å². The van der Waals surface area contributed by atoms with Gasteiger partial charge in [0.1, 0.15) is 11.6 Å². The predicted octanol–water partition coefficient (Wildman–Crippen LogP) is 5.71. The molecule has 2 aliphatic heterocycles. The number of piperazine rings is 1. The van der Waals surface area contributed by atoms with E-state index in [1.54, 1.807) is 32.2 Å². The average molecular weight is 524 g/mol. The molecule has 3 heterocycles. The van der Waals surface area contributed by atoms with Gasteiger partial charge in [-0.15, -0.1) is 0 Å². The van der Waals surface area contributed by atoms with Crippen LogP contribution in [0.3, 0.4) is 0 Å². The van der Waals surface area contributed by atoms with Gasteiger partial charge in [-0.3, -0.25) is 9.80 Å². The van der Waals surface area contributed by atoms with Gasteiger partial charge in [-0.1, -0.05) is 42.6 Å². The summed E-state index contributed by atoms with van der Waals surface area (Å²) in [6, 6.07) is 7.79. The fourth-order valence-electron chi connectivity index (χ4n) is 5.43. The van der Waals surface area contributed by atoms with Crippen LogP contribution in [0.25, 0.3) is 0 Å². The second-order valence-electron chi connectivity index (χ2n) is 10.5. The van der Waals surface area contributed by atoms with Crippen LogP contribution in [0.4, 0.5) is 10.2 Å². The van der Waals surface area contributed by atoms with E-state index in [2.05, 4.69) is 26.6 Å². The van der Waals surface area contributed by atoms with Gasteiger partial charge in [0.15, 0.2) is 0 Å². The Morgan fingerprint density at radius 2 is 1.86 bits per heavy atom. The van der Waals surface area contributed by atoms with Crippen molar-refractivity contribution in [3.8, 4) is 0 Å². The Kier molecular flexibility index (Phi) is 8.60. The van der Waals surface area contributed by atoms with Crippen molar-refractivity contribution >= 4 is 29.0 Å². The quantitative estimate of drug-likeness (QED) is 0.504. The van der Waals surface area contributed by atoms with Gasteiger partial charge in [0, 0.05) is 60.6 Å². The summed E-state index contributed by atoms with van der Waals surface area (Å²) in [7, 11) is 0. The molecular formula is C27H37Cl2FN4O. The molecule has 35 heavy (non-hydrogen) atoms. The third-order valence-electron chi connectivity index (χ3n) is 7.41. The molecule has 8 heteroatoms. The molecule has 192 valence electrons. The minimum atomic E-state index is -0.965. The number of aromatic nitrogens is 1. The van der Waals surface area contributed by atoms with E-state index < -0.39 is 5.60 Å².